The molecule has 60 heavy (non-hydrogen) atoms. The lowest BCUT2D eigenvalue weighted by molar-refractivity contribution is 0.660. The molecule has 1 heterocycles. The molecular formula is C49H44B9NO. The number of para-hydroxylation sites is 1. The number of nitrogens with zero attached hydrogens (tertiary/aromatic N) is 1. The van der Waals surface area contributed by atoms with Crippen molar-refractivity contribution >= 4 is 170 Å². The first kappa shape index (κ1) is 38.4. The van der Waals surface area contributed by atoms with Gasteiger partial charge in [-0.05, 0) is 74.7 Å². The molecule has 0 amide bonds. The fraction of sp³-hybridized carbons (Fsp3) is 0.0612. The molecule has 0 fully saturated rings. The summed E-state index contributed by atoms with van der Waals surface area (Å²) in [5.41, 5.74) is 27.9. The number of rotatable bonds is 5. The Bertz CT molecular complexity index is 3260. The van der Waals surface area contributed by atoms with Gasteiger partial charge in [-0.3, -0.25) is 0 Å². The average molecular weight is 760 g/mol. The Balaban J connectivity index is 1.27. The first-order valence-electron chi connectivity index (χ1n) is 21.5. The maximum atomic E-state index is 6.76. The van der Waals surface area contributed by atoms with Gasteiger partial charge in [-0.15, -0.1) is 16.4 Å². The van der Waals surface area contributed by atoms with Gasteiger partial charge in [0.15, 0.2) is 0 Å². The van der Waals surface area contributed by atoms with Crippen molar-refractivity contribution in [1.29, 1.82) is 0 Å². The SMILES string of the molecule is Bc1c(B)c(B)c(-c2c(B)c(B)c(N(c3ccc4c(c3)C(C)(C)c3ccccc3-4)c3ccccc3-c3cccc4oc5c6ccccc6ccc5c34)c(B)c2B)c(B)c1B. The van der Waals surface area contributed by atoms with Crippen molar-refractivity contribution in [3.05, 3.63) is 132 Å². The lowest BCUT2D eigenvalue weighted by Crippen LogP contribution is -2.57. The van der Waals surface area contributed by atoms with E-state index >= 15 is 0 Å². The third kappa shape index (κ3) is 5.40. The lowest BCUT2D eigenvalue weighted by Gasteiger charge is -2.35. The summed E-state index contributed by atoms with van der Waals surface area (Å²) in [5.74, 6) is 0. The van der Waals surface area contributed by atoms with Crippen molar-refractivity contribution in [2.24, 2.45) is 0 Å². The van der Waals surface area contributed by atoms with E-state index in [1.807, 2.05) is 0 Å². The molecule has 0 saturated carbocycles. The summed E-state index contributed by atoms with van der Waals surface area (Å²) < 4.78 is 6.76. The number of hydrogen-bond acceptors (Lipinski definition) is 2. The maximum Gasteiger partial charge on any atom is 0.143 e. The zero-order valence-corrected chi connectivity index (χ0v) is 36.9. The molecule has 9 aromatic rings. The van der Waals surface area contributed by atoms with E-state index in [2.05, 4.69) is 211 Å². The van der Waals surface area contributed by atoms with Crippen LogP contribution in [0.15, 0.2) is 126 Å². The molecule has 0 spiro atoms. The number of fused-ring (bicyclic) bond motifs is 8. The molecule has 2 nitrogen and oxygen atoms in total. The van der Waals surface area contributed by atoms with Gasteiger partial charge in [0.25, 0.3) is 0 Å². The second-order valence-electron chi connectivity index (χ2n) is 17.9. The summed E-state index contributed by atoms with van der Waals surface area (Å²) in [6.45, 7) is 4.76. The number of hydrogen-bond donors (Lipinski definition) is 0. The van der Waals surface area contributed by atoms with Crippen molar-refractivity contribution < 1.29 is 4.42 Å². The molecule has 0 radical (unpaired) electrons. The molecule has 1 aliphatic carbocycles. The van der Waals surface area contributed by atoms with Crippen LogP contribution in [0.5, 0.6) is 0 Å². The molecule has 1 aliphatic rings. The monoisotopic (exact) mass is 761 g/mol. The second kappa shape index (κ2) is 13.9. The van der Waals surface area contributed by atoms with Crippen LogP contribution in [-0.2, 0) is 5.41 Å². The van der Waals surface area contributed by atoms with E-state index in [-0.39, 0.29) is 5.41 Å². The van der Waals surface area contributed by atoms with Crippen molar-refractivity contribution in [3.63, 3.8) is 0 Å². The summed E-state index contributed by atoms with van der Waals surface area (Å²) in [6.07, 6.45) is 0. The predicted octanol–water partition coefficient (Wildman–Crippen LogP) is -1.83. The fourth-order valence-corrected chi connectivity index (χ4v) is 10.8. The van der Waals surface area contributed by atoms with Crippen LogP contribution in [0.25, 0.3) is 66.1 Å². The quantitative estimate of drug-likeness (QED) is 0.193. The van der Waals surface area contributed by atoms with E-state index in [1.54, 1.807) is 0 Å². The Morgan fingerprint density at radius 1 is 0.450 bits per heavy atom. The van der Waals surface area contributed by atoms with Gasteiger partial charge in [0, 0.05) is 38.5 Å². The molecule has 0 unspecified atom stereocenters. The Morgan fingerprint density at radius 3 is 1.73 bits per heavy atom. The smallest absolute Gasteiger partial charge is 0.143 e. The summed E-state index contributed by atoms with van der Waals surface area (Å²) in [5, 5.41) is 4.59. The van der Waals surface area contributed by atoms with Crippen LogP contribution in [0.2, 0.25) is 0 Å². The summed E-state index contributed by atoms with van der Waals surface area (Å²) in [7, 11) is 20.9. The first-order valence-corrected chi connectivity index (χ1v) is 21.5. The standard InChI is InChI=1S/C49H44B9NO/c1-49(2)31-15-7-5-12-26(31)27-21-19-24(22-32(27)49)59(47-45(57)40(52)37(41(53)46(47)58)36-38(50)42(54)44(56)43(55)39(36)51)33-16-8-6-13-28(33)29-14-9-17-34-35(29)30-20-18-23-10-3-4-11-25(23)48(30)60-34/h3-22H,50-58H2,1-2H3. The van der Waals surface area contributed by atoms with E-state index in [9.17, 15) is 0 Å². The molecule has 0 N–H and O–H groups in total. The minimum Gasteiger partial charge on any atom is -0.455 e. The molecule has 0 saturated heterocycles. The summed E-state index contributed by atoms with van der Waals surface area (Å²) >= 11 is 0. The lowest BCUT2D eigenvalue weighted by atomic mass is 9.56. The van der Waals surface area contributed by atoms with Crippen LogP contribution in [0.3, 0.4) is 0 Å². The largest absolute Gasteiger partial charge is 0.455 e. The maximum absolute atomic E-state index is 6.76. The number of furan rings is 1. The van der Waals surface area contributed by atoms with Gasteiger partial charge in [-0.25, -0.2) is 0 Å². The van der Waals surface area contributed by atoms with Crippen LogP contribution in [-0.4, -0.2) is 70.6 Å². The second-order valence-corrected chi connectivity index (χ2v) is 17.9. The van der Waals surface area contributed by atoms with E-state index in [0.29, 0.717) is 0 Å². The fourth-order valence-electron chi connectivity index (χ4n) is 10.8. The third-order valence-electron chi connectivity index (χ3n) is 14.7. The van der Waals surface area contributed by atoms with Crippen LogP contribution in [0, 0.1) is 0 Å². The molecule has 0 atom stereocenters. The number of benzene rings is 8. The van der Waals surface area contributed by atoms with E-state index in [1.165, 1.54) is 93.6 Å². The van der Waals surface area contributed by atoms with Crippen LogP contribution in [0.1, 0.15) is 25.0 Å². The van der Waals surface area contributed by atoms with Crippen LogP contribution < -0.4 is 54.1 Å². The Kier molecular flexibility index (Phi) is 8.89. The van der Waals surface area contributed by atoms with E-state index < -0.39 is 0 Å². The Labute approximate surface area is 362 Å². The van der Waals surface area contributed by atoms with Crippen molar-refractivity contribution in [3.8, 4) is 33.4 Å². The highest BCUT2D eigenvalue weighted by atomic mass is 16.3. The van der Waals surface area contributed by atoms with Gasteiger partial charge >= 0.3 is 0 Å². The van der Waals surface area contributed by atoms with Gasteiger partial charge < -0.3 is 9.32 Å². The molecule has 8 aromatic carbocycles. The van der Waals surface area contributed by atoms with Crippen molar-refractivity contribution in [2.75, 3.05) is 4.90 Å². The molecule has 0 bridgehead atoms. The third-order valence-corrected chi connectivity index (χ3v) is 14.7. The zero-order valence-electron chi connectivity index (χ0n) is 36.9. The van der Waals surface area contributed by atoms with Crippen molar-refractivity contribution in [2.45, 2.75) is 19.3 Å². The van der Waals surface area contributed by atoms with Crippen LogP contribution >= 0.6 is 0 Å². The highest BCUT2D eigenvalue weighted by Crippen LogP contribution is 2.51. The molecule has 11 heteroatoms. The van der Waals surface area contributed by atoms with Crippen LogP contribution in [0.4, 0.5) is 17.1 Å². The van der Waals surface area contributed by atoms with Gasteiger partial charge in [-0.1, -0.05) is 138 Å². The highest BCUT2D eigenvalue weighted by molar-refractivity contribution is 6.71. The van der Waals surface area contributed by atoms with Gasteiger partial charge in [0.2, 0.25) is 0 Å². The molecule has 1 aromatic heterocycles. The zero-order chi connectivity index (χ0) is 41.9. The molecular weight excluding hydrogens is 716 g/mol. The van der Waals surface area contributed by atoms with Gasteiger partial charge in [0.1, 0.15) is 81.8 Å². The Hall–Kier alpha value is -5.80. The topological polar surface area (TPSA) is 16.4 Å². The average Bonchev–Trinajstić information content (AvgIpc) is 3.76. The van der Waals surface area contributed by atoms with Gasteiger partial charge in [-0.2, -0.15) is 0 Å². The first-order chi connectivity index (χ1) is 28.8. The van der Waals surface area contributed by atoms with E-state index in [4.69, 9.17) is 4.42 Å². The number of anilines is 3. The van der Waals surface area contributed by atoms with Gasteiger partial charge in [0.05, 0.1) is 5.69 Å². The van der Waals surface area contributed by atoms with Crippen molar-refractivity contribution in [1.82, 2.24) is 0 Å². The highest BCUT2D eigenvalue weighted by Gasteiger charge is 2.36. The minimum absolute atomic E-state index is 0.146. The minimum atomic E-state index is -0.146. The van der Waals surface area contributed by atoms with E-state index in [0.717, 1.165) is 49.8 Å². The normalized spacial score (nSPS) is 12.9. The predicted molar refractivity (Wildman–Crippen MR) is 288 cm³/mol. The summed E-state index contributed by atoms with van der Waals surface area (Å²) in [4.78, 5) is 2.57. The Morgan fingerprint density at radius 2 is 1.02 bits per heavy atom. The summed E-state index contributed by atoms with van der Waals surface area (Å²) in [6, 6.07) is 44.7. The molecule has 10 rings (SSSR count). The molecule has 278 valence electrons. The molecule has 0 aliphatic heterocycles.